The smallest absolute Gasteiger partial charge is 0.239 e. The summed E-state index contributed by atoms with van der Waals surface area (Å²) < 4.78 is 0. The van der Waals surface area contributed by atoms with E-state index in [0.29, 0.717) is 5.11 Å². The Labute approximate surface area is 113 Å². The van der Waals surface area contributed by atoms with Gasteiger partial charge in [0, 0.05) is 19.8 Å². The first-order valence-electron chi connectivity index (χ1n) is 5.74. The summed E-state index contributed by atoms with van der Waals surface area (Å²) in [5, 5.41) is 6.26. The standard InChI is InChI=1S/C13H19N3OS/c1-9-5-6-10(2)11(7-9)15-13(18)16(4)8-12(17)14-3/h5-7H,8H2,1-4H3,(H,14,17)(H,15,18). The molecule has 0 aliphatic rings. The van der Waals surface area contributed by atoms with E-state index in [4.69, 9.17) is 12.2 Å². The lowest BCUT2D eigenvalue weighted by atomic mass is 10.1. The number of amides is 1. The van der Waals surface area contributed by atoms with Crippen molar-refractivity contribution in [3.63, 3.8) is 0 Å². The summed E-state index contributed by atoms with van der Waals surface area (Å²) in [6, 6.07) is 6.13. The van der Waals surface area contributed by atoms with Crippen LogP contribution in [0.2, 0.25) is 0 Å². The molecule has 0 fully saturated rings. The van der Waals surface area contributed by atoms with Crippen LogP contribution in [0.3, 0.4) is 0 Å². The van der Waals surface area contributed by atoms with E-state index in [1.807, 2.05) is 26.0 Å². The fourth-order valence-electron chi connectivity index (χ4n) is 1.45. The van der Waals surface area contributed by atoms with Crippen LogP contribution in [0.25, 0.3) is 0 Å². The number of rotatable bonds is 3. The predicted molar refractivity (Wildman–Crippen MR) is 78.8 cm³/mol. The molecule has 1 aromatic rings. The van der Waals surface area contributed by atoms with Crippen molar-refractivity contribution >= 4 is 28.9 Å². The summed E-state index contributed by atoms with van der Waals surface area (Å²) in [6.45, 7) is 4.29. The number of thiocarbonyl (C=S) groups is 1. The SMILES string of the molecule is CNC(=O)CN(C)C(=S)Nc1cc(C)ccc1C. The number of nitrogens with zero attached hydrogens (tertiary/aromatic N) is 1. The highest BCUT2D eigenvalue weighted by molar-refractivity contribution is 7.80. The number of carbonyl (C=O) groups is 1. The second-order valence-electron chi connectivity index (χ2n) is 4.28. The van der Waals surface area contributed by atoms with E-state index in [1.165, 1.54) is 5.56 Å². The number of nitrogens with one attached hydrogen (secondary N) is 2. The van der Waals surface area contributed by atoms with Gasteiger partial charge in [-0.3, -0.25) is 4.79 Å². The quantitative estimate of drug-likeness (QED) is 0.816. The molecule has 1 rings (SSSR count). The van der Waals surface area contributed by atoms with Gasteiger partial charge < -0.3 is 15.5 Å². The van der Waals surface area contributed by atoms with Crippen molar-refractivity contribution < 1.29 is 4.79 Å². The molecule has 0 heterocycles. The van der Waals surface area contributed by atoms with Crippen LogP contribution >= 0.6 is 12.2 Å². The molecular weight excluding hydrogens is 246 g/mol. The van der Waals surface area contributed by atoms with Crippen LogP contribution in [0.4, 0.5) is 5.69 Å². The van der Waals surface area contributed by atoms with Crippen LogP contribution in [0.5, 0.6) is 0 Å². The Morgan fingerprint density at radius 2 is 2.06 bits per heavy atom. The molecule has 0 aliphatic heterocycles. The van der Waals surface area contributed by atoms with Gasteiger partial charge in [-0.05, 0) is 43.3 Å². The first-order valence-corrected chi connectivity index (χ1v) is 6.15. The highest BCUT2D eigenvalue weighted by Gasteiger charge is 2.09. The molecule has 0 radical (unpaired) electrons. The molecular formula is C13H19N3OS. The molecule has 0 saturated heterocycles. The molecule has 0 unspecified atom stereocenters. The van der Waals surface area contributed by atoms with Crippen molar-refractivity contribution in [3.05, 3.63) is 29.3 Å². The minimum Gasteiger partial charge on any atom is -0.358 e. The van der Waals surface area contributed by atoms with E-state index >= 15 is 0 Å². The molecule has 0 atom stereocenters. The van der Waals surface area contributed by atoms with Crippen molar-refractivity contribution in [1.29, 1.82) is 0 Å². The van der Waals surface area contributed by atoms with E-state index in [2.05, 4.69) is 16.7 Å². The number of carbonyl (C=O) groups excluding carboxylic acids is 1. The first-order chi connectivity index (χ1) is 8.43. The van der Waals surface area contributed by atoms with Gasteiger partial charge >= 0.3 is 0 Å². The third-order valence-corrected chi connectivity index (χ3v) is 3.05. The number of likely N-dealkylation sites (N-methyl/N-ethyl adjacent to an activating group) is 2. The average Bonchev–Trinajstić information content (AvgIpc) is 2.33. The number of hydrogen-bond donors (Lipinski definition) is 2. The summed E-state index contributed by atoms with van der Waals surface area (Å²) in [6.07, 6.45) is 0. The molecule has 2 N–H and O–H groups in total. The van der Waals surface area contributed by atoms with Gasteiger partial charge in [-0.2, -0.15) is 0 Å². The van der Waals surface area contributed by atoms with Gasteiger partial charge in [-0.15, -0.1) is 0 Å². The highest BCUT2D eigenvalue weighted by atomic mass is 32.1. The normalized spacial score (nSPS) is 9.78. The Hall–Kier alpha value is -1.62. The van der Waals surface area contributed by atoms with Gasteiger partial charge in [0.25, 0.3) is 0 Å². The predicted octanol–water partition coefficient (Wildman–Crippen LogP) is 1.68. The van der Waals surface area contributed by atoms with E-state index in [9.17, 15) is 4.79 Å². The molecule has 0 spiro atoms. The molecule has 1 aromatic carbocycles. The summed E-state index contributed by atoms with van der Waals surface area (Å²) in [7, 11) is 3.40. The summed E-state index contributed by atoms with van der Waals surface area (Å²) >= 11 is 5.26. The van der Waals surface area contributed by atoms with Crippen LogP contribution < -0.4 is 10.6 Å². The van der Waals surface area contributed by atoms with Gasteiger partial charge in [0.15, 0.2) is 5.11 Å². The molecule has 98 valence electrons. The lowest BCUT2D eigenvalue weighted by Gasteiger charge is -2.21. The summed E-state index contributed by atoms with van der Waals surface area (Å²) in [5.41, 5.74) is 3.26. The van der Waals surface area contributed by atoms with Crippen molar-refractivity contribution in [1.82, 2.24) is 10.2 Å². The lowest BCUT2D eigenvalue weighted by Crippen LogP contribution is -2.39. The van der Waals surface area contributed by atoms with E-state index in [0.717, 1.165) is 11.3 Å². The Bertz CT molecular complexity index is 460. The highest BCUT2D eigenvalue weighted by Crippen LogP contribution is 2.16. The van der Waals surface area contributed by atoms with E-state index < -0.39 is 0 Å². The van der Waals surface area contributed by atoms with Gasteiger partial charge in [0.1, 0.15) is 0 Å². The van der Waals surface area contributed by atoms with E-state index in [1.54, 1.807) is 19.0 Å². The second kappa shape index (κ2) is 6.35. The Morgan fingerprint density at radius 3 is 2.67 bits per heavy atom. The third kappa shape index (κ3) is 4.00. The largest absolute Gasteiger partial charge is 0.358 e. The molecule has 0 bridgehead atoms. The van der Waals surface area contributed by atoms with Crippen molar-refractivity contribution in [2.45, 2.75) is 13.8 Å². The van der Waals surface area contributed by atoms with Crippen molar-refractivity contribution in [2.75, 3.05) is 26.0 Å². The number of anilines is 1. The van der Waals surface area contributed by atoms with Crippen LogP contribution in [0, 0.1) is 13.8 Å². The molecule has 1 amide bonds. The zero-order valence-corrected chi connectivity index (χ0v) is 12.0. The van der Waals surface area contributed by atoms with Crippen LogP contribution in [0.15, 0.2) is 18.2 Å². The minimum absolute atomic E-state index is 0.0670. The maximum absolute atomic E-state index is 11.3. The van der Waals surface area contributed by atoms with Gasteiger partial charge in [0.05, 0.1) is 6.54 Å². The molecule has 0 aliphatic carbocycles. The average molecular weight is 265 g/mol. The third-order valence-electron chi connectivity index (χ3n) is 2.64. The summed E-state index contributed by atoms with van der Waals surface area (Å²) in [4.78, 5) is 13.0. The molecule has 0 saturated carbocycles. The second-order valence-corrected chi connectivity index (χ2v) is 4.66. The van der Waals surface area contributed by atoms with Crippen molar-refractivity contribution in [3.8, 4) is 0 Å². The van der Waals surface area contributed by atoms with Crippen LogP contribution in [-0.2, 0) is 4.79 Å². The van der Waals surface area contributed by atoms with Gasteiger partial charge in [0.2, 0.25) is 5.91 Å². The zero-order valence-electron chi connectivity index (χ0n) is 11.2. The monoisotopic (exact) mass is 265 g/mol. The maximum Gasteiger partial charge on any atom is 0.239 e. The molecule has 4 nitrogen and oxygen atoms in total. The number of aryl methyl sites for hydroxylation is 2. The lowest BCUT2D eigenvalue weighted by molar-refractivity contribution is -0.120. The van der Waals surface area contributed by atoms with Gasteiger partial charge in [-0.1, -0.05) is 12.1 Å². The Morgan fingerprint density at radius 1 is 1.39 bits per heavy atom. The zero-order chi connectivity index (χ0) is 13.7. The van der Waals surface area contributed by atoms with Gasteiger partial charge in [-0.25, -0.2) is 0 Å². The van der Waals surface area contributed by atoms with E-state index in [-0.39, 0.29) is 12.5 Å². The molecule has 5 heteroatoms. The fraction of sp³-hybridized carbons (Fsp3) is 0.385. The Balaban J connectivity index is 2.69. The number of benzene rings is 1. The first kappa shape index (κ1) is 14.4. The minimum atomic E-state index is -0.0670. The van der Waals surface area contributed by atoms with Crippen LogP contribution in [0.1, 0.15) is 11.1 Å². The molecule has 18 heavy (non-hydrogen) atoms. The van der Waals surface area contributed by atoms with Crippen molar-refractivity contribution in [2.24, 2.45) is 0 Å². The maximum atomic E-state index is 11.3. The van der Waals surface area contributed by atoms with Crippen LogP contribution in [-0.4, -0.2) is 36.6 Å². The Kier molecular flexibility index (Phi) is 5.09. The summed E-state index contributed by atoms with van der Waals surface area (Å²) in [5.74, 6) is -0.0670. The topological polar surface area (TPSA) is 44.4 Å². The molecule has 0 aromatic heterocycles. The number of hydrogen-bond acceptors (Lipinski definition) is 2. The fourth-order valence-corrected chi connectivity index (χ4v) is 1.62.